The molecule has 3 atom stereocenters. The van der Waals surface area contributed by atoms with E-state index < -0.39 is 6.04 Å². The van der Waals surface area contributed by atoms with Crippen molar-refractivity contribution >= 4 is 40.1 Å². The molecule has 2 amide bonds. The van der Waals surface area contributed by atoms with Crippen molar-refractivity contribution < 1.29 is 19.2 Å². The first kappa shape index (κ1) is 54.8. The summed E-state index contributed by atoms with van der Waals surface area (Å²) in [7, 11) is 1.63. The third-order valence-corrected chi connectivity index (χ3v) is 7.47. The summed E-state index contributed by atoms with van der Waals surface area (Å²) in [5, 5.41) is 7.70. The van der Waals surface area contributed by atoms with Gasteiger partial charge in [-0.2, -0.15) is 0 Å². The first-order chi connectivity index (χ1) is 24.9. The van der Waals surface area contributed by atoms with E-state index in [4.69, 9.17) is 11.5 Å². The van der Waals surface area contributed by atoms with Gasteiger partial charge < -0.3 is 22.1 Å². The van der Waals surface area contributed by atoms with Gasteiger partial charge in [-0.1, -0.05) is 124 Å². The SMILES string of the molecule is C=CC.CC.CC.CCC(=O)NC.CCCC(=O)C(CCC)C(CCCC(NC(=O)CC)C(C)=O)c1ccc2ccccc2c1.CCCN=C(N)N. The van der Waals surface area contributed by atoms with E-state index in [1.165, 1.54) is 23.3 Å². The summed E-state index contributed by atoms with van der Waals surface area (Å²) >= 11 is 0. The predicted molar refractivity (Wildman–Crippen MR) is 226 cm³/mol. The van der Waals surface area contributed by atoms with Crippen molar-refractivity contribution in [2.75, 3.05) is 13.6 Å². The van der Waals surface area contributed by atoms with Crippen LogP contribution in [0.3, 0.4) is 0 Å². The summed E-state index contributed by atoms with van der Waals surface area (Å²) in [5.41, 5.74) is 11.2. The van der Waals surface area contributed by atoms with Crippen molar-refractivity contribution in [1.82, 2.24) is 10.6 Å². The fourth-order valence-electron chi connectivity index (χ4n) is 5.00. The molecule has 0 heterocycles. The van der Waals surface area contributed by atoms with Gasteiger partial charge in [0, 0.05) is 38.8 Å². The van der Waals surface area contributed by atoms with Crippen LogP contribution in [0.4, 0.5) is 0 Å². The Kier molecular flexibility index (Phi) is 40.3. The third kappa shape index (κ3) is 27.7. The molecule has 0 radical (unpaired) electrons. The number of hydrogen-bond donors (Lipinski definition) is 4. The first-order valence-corrected chi connectivity index (χ1v) is 19.5. The van der Waals surface area contributed by atoms with Crippen molar-refractivity contribution in [2.45, 2.75) is 152 Å². The molecule has 0 aliphatic rings. The molecule has 9 nitrogen and oxygen atoms in total. The van der Waals surface area contributed by atoms with Crippen LogP contribution < -0.4 is 22.1 Å². The van der Waals surface area contributed by atoms with Crippen molar-refractivity contribution in [3.8, 4) is 0 Å². The molecular weight excluding hydrogens is 651 g/mol. The van der Waals surface area contributed by atoms with Crippen LogP contribution in [0.15, 0.2) is 60.1 Å². The van der Waals surface area contributed by atoms with Gasteiger partial charge >= 0.3 is 0 Å². The zero-order valence-corrected chi connectivity index (χ0v) is 35.1. The standard InChI is InChI=1S/C28H39NO3.C4H11N3.C4H9NO.C3H6.2C2H6/c1-5-11-25(27(31)12-6-2)24(15-10-16-26(20(4)30)29-28(32)7-3)23-18-17-21-13-8-9-14-22(21)19-23;1-2-3-7-4(5)6;1-3-4(6)5-2;1-3-2;2*1-2/h8-9,13-14,17-19,24-26H,5-7,10-12,15-16H2,1-4H3,(H,29,32);2-3H2,1H3,(H4,5,6,7);3H2,1-2H3,(H,5,6);3H,1H2,2H3;2*1-2H3. The van der Waals surface area contributed by atoms with Gasteiger partial charge in [0.15, 0.2) is 11.7 Å². The number of carbonyl (C=O) groups is 4. The van der Waals surface area contributed by atoms with Crippen LogP contribution in [0.5, 0.6) is 0 Å². The number of guanidine groups is 1. The Morgan fingerprint density at radius 2 is 1.37 bits per heavy atom. The van der Waals surface area contributed by atoms with Gasteiger partial charge in [-0.05, 0) is 68.2 Å². The highest BCUT2D eigenvalue weighted by atomic mass is 16.2. The number of aliphatic imine (C=N–C) groups is 1. The van der Waals surface area contributed by atoms with Crippen molar-refractivity contribution in [3.05, 3.63) is 60.7 Å². The largest absolute Gasteiger partial charge is 0.370 e. The average molecular weight is 728 g/mol. The van der Waals surface area contributed by atoms with Crippen LogP contribution in [0.25, 0.3) is 10.8 Å². The number of benzene rings is 2. The number of nitrogens with one attached hydrogen (secondary N) is 2. The Morgan fingerprint density at radius 1 is 0.808 bits per heavy atom. The topological polar surface area (TPSA) is 157 Å². The fraction of sp³-hybridized carbons (Fsp3) is 0.605. The lowest BCUT2D eigenvalue weighted by Crippen LogP contribution is -2.39. The monoisotopic (exact) mass is 728 g/mol. The second-order valence-corrected chi connectivity index (χ2v) is 11.6. The Morgan fingerprint density at radius 3 is 1.77 bits per heavy atom. The molecule has 298 valence electrons. The average Bonchev–Trinajstić information content (AvgIpc) is 3.16. The van der Waals surface area contributed by atoms with Gasteiger partial charge in [-0.25, -0.2) is 0 Å². The van der Waals surface area contributed by atoms with Gasteiger partial charge in [0.25, 0.3) is 0 Å². The smallest absolute Gasteiger partial charge is 0.220 e. The zero-order valence-electron chi connectivity index (χ0n) is 35.1. The summed E-state index contributed by atoms with van der Waals surface area (Å²) in [6.07, 6.45) is 9.21. The number of ketones is 2. The predicted octanol–water partition coefficient (Wildman–Crippen LogP) is 9.42. The van der Waals surface area contributed by atoms with Gasteiger partial charge in [0.1, 0.15) is 5.78 Å². The molecule has 0 saturated carbocycles. The normalized spacial score (nSPS) is 11.1. The number of nitrogens with two attached hydrogens (primary N) is 2. The van der Waals surface area contributed by atoms with E-state index in [-0.39, 0.29) is 35.4 Å². The number of amides is 2. The van der Waals surface area contributed by atoms with E-state index in [1.54, 1.807) is 20.0 Å². The molecule has 52 heavy (non-hydrogen) atoms. The Bertz CT molecular complexity index is 1240. The molecule has 3 unspecified atom stereocenters. The van der Waals surface area contributed by atoms with Gasteiger partial charge in [0.2, 0.25) is 11.8 Å². The second kappa shape index (κ2) is 38.2. The lowest BCUT2D eigenvalue weighted by Gasteiger charge is -2.28. The van der Waals surface area contributed by atoms with Gasteiger partial charge in [-0.15, -0.1) is 6.58 Å². The van der Waals surface area contributed by atoms with Crippen LogP contribution in [0.1, 0.15) is 152 Å². The minimum atomic E-state index is -0.448. The Hall–Kier alpha value is -4.01. The van der Waals surface area contributed by atoms with Crippen LogP contribution >= 0.6 is 0 Å². The van der Waals surface area contributed by atoms with Crippen LogP contribution in [-0.2, 0) is 19.2 Å². The van der Waals surface area contributed by atoms with Crippen molar-refractivity contribution in [2.24, 2.45) is 22.4 Å². The van der Waals surface area contributed by atoms with E-state index in [0.717, 1.165) is 45.1 Å². The number of fused-ring (bicyclic) bond motifs is 1. The van der Waals surface area contributed by atoms with E-state index in [2.05, 4.69) is 66.4 Å². The molecule has 6 N–H and O–H groups in total. The number of rotatable bonds is 17. The molecule has 0 aliphatic carbocycles. The maximum Gasteiger partial charge on any atom is 0.220 e. The summed E-state index contributed by atoms with van der Waals surface area (Å²) in [5.74, 6) is 0.612. The quantitative estimate of drug-likeness (QED) is 0.0722. The van der Waals surface area contributed by atoms with Crippen LogP contribution in [-0.4, -0.2) is 49.0 Å². The van der Waals surface area contributed by atoms with Gasteiger partial charge in [0.05, 0.1) is 6.04 Å². The minimum Gasteiger partial charge on any atom is -0.370 e. The molecule has 0 bridgehead atoms. The number of carbonyl (C=O) groups excluding carboxylic acids is 4. The molecule has 0 aliphatic heterocycles. The number of nitrogens with zero attached hydrogens (tertiary/aromatic N) is 1. The molecule has 2 aromatic carbocycles. The maximum atomic E-state index is 13.1. The number of allylic oxidation sites excluding steroid dienone is 1. The van der Waals surface area contributed by atoms with E-state index in [1.807, 2.05) is 60.6 Å². The lowest BCUT2D eigenvalue weighted by atomic mass is 9.76. The summed E-state index contributed by atoms with van der Waals surface area (Å²) in [4.78, 5) is 50.7. The fourth-order valence-corrected chi connectivity index (χ4v) is 5.00. The minimum absolute atomic E-state index is 0.0119. The van der Waals surface area contributed by atoms with Crippen LogP contribution in [0, 0.1) is 5.92 Å². The maximum absolute atomic E-state index is 13.1. The van der Waals surface area contributed by atoms with Crippen LogP contribution in [0.2, 0.25) is 0 Å². The summed E-state index contributed by atoms with van der Waals surface area (Å²) in [6, 6.07) is 14.4. The Labute approximate surface area is 318 Å². The first-order valence-electron chi connectivity index (χ1n) is 19.5. The highest BCUT2D eigenvalue weighted by molar-refractivity contribution is 5.87. The number of Topliss-reactive ketones (excluding diaryl/α,β-unsaturated/α-hetero) is 2. The van der Waals surface area contributed by atoms with Crippen molar-refractivity contribution in [1.29, 1.82) is 0 Å². The molecule has 0 aromatic heterocycles. The molecule has 9 heteroatoms. The molecule has 2 aromatic rings. The summed E-state index contributed by atoms with van der Waals surface area (Å²) < 4.78 is 0. The molecule has 0 saturated heterocycles. The van der Waals surface area contributed by atoms with E-state index in [9.17, 15) is 19.2 Å². The molecular formula is C43H77N5O4. The highest BCUT2D eigenvalue weighted by Gasteiger charge is 2.29. The van der Waals surface area contributed by atoms with E-state index >= 15 is 0 Å². The van der Waals surface area contributed by atoms with E-state index in [0.29, 0.717) is 31.5 Å². The molecule has 0 spiro atoms. The Balaban J connectivity index is -0.000000473. The third-order valence-electron chi connectivity index (χ3n) is 7.47. The number of hydrogen-bond acceptors (Lipinski definition) is 5. The lowest BCUT2D eigenvalue weighted by molar-refractivity contribution is -0.126. The molecule has 2 rings (SSSR count). The molecule has 0 fully saturated rings. The second-order valence-electron chi connectivity index (χ2n) is 11.6. The zero-order chi connectivity index (χ0) is 40.9. The van der Waals surface area contributed by atoms with Crippen molar-refractivity contribution in [3.63, 3.8) is 0 Å². The highest BCUT2D eigenvalue weighted by Crippen LogP contribution is 2.36. The van der Waals surface area contributed by atoms with Gasteiger partial charge in [-0.3, -0.25) is 24.2 Å². The summed E-state index contributed by atoms with van der Waals surface area (Å²) in [6.45, 7) is 25.3.